The third kappa shape index (κ3) is 2.72. The zero-order chi connectivity index (χ0) is 22.6. The Bertz CT molecular complexity index is 1790. The average Bonchev–Trinajstić information content (AvgIpc) is 3.29. The number of hydrogen-bond donors (Lipinski definition) is 0. The molecule has 0 unspecified atom stereocenters. The second-order valence-electron chi connectivity index (χ2n) is 8.91. The molecule has 0 radical (unpaired) electrons. The van der Waals surface area contributed by atoms with Crippen molar-refractivity contribution in [1.29, 1.82) is 0 Å². The van der Waals surface area contributed by atoms with Gasteiger partial charge in [0.1, 0.15) is 5.82 Å². The highest BCUT2D eigenvalue weighted by molar-refractivity contribution is 6.27. The molecule has 160 valence electrons. The number of hydrogen-bond acceptors (Lipinski definition) is 1. The minimum Gasteiger partial charge on any atom is -0.327 e. The van der Waals surface area contributed by atoms with E-state index >= 15 is 0 Å². The van der Waals surface area contributed by atoms with Crippen molar-refractivity contribution in [2.45, 2.75) is 0 Å². The minimum atomic E-state index is 0.986. The fourth-order valence-corrected chi connectivity index (χ4v) is 5.40. The Morgan fingerprint density at radius 1 is 0.529 bits per heavy atom. The molecule has 0 spiro atoms. The van der Waals surface area contributed by atoms with Gasteiger partial charge >= 0.3 is 0 Å². The van der Waals surface area contributed by atoms with Crippen LogP contribution >= 0.6 is 0 Å². The quantitative estimate of drug-likeness (QED) is 0.256. The van der Waals surface area contributed by atoms with Gasteiger partial charge in [-0.3, -0.25) is 0 Å². The van der Waals surface area contributed by atoms with E-state index in [9.17, 15) is 0 Å². The lowest BCUT2D eigenvalue weighted by atomic mass is 9.88. The molecule has 34 heavy (non-hydrogen) atoms. The van der Waals surface area contributed by atoms with E-state index in [0.29, 0.717) is 0 Å². The first-order valence-corrected chi connectivity index (χ1v) is 11.6. The van der Waals surface area contributed by atoms with E-state index in [-0.39, 0.29) is 0 Å². The Balaban J connectivity index is 1.52. The molecule has 0 saturated heterocycles. The van der Waals surface area contributed by atoms with Gasteiger partial charge in [0.25, 0.3) is 0 Å². The van der Waals surface area contributed by atoms with Crippen molar-refractivity contribution in [3.05, 3.63) is 115 Å². The van der Waals surface area contributed by atoms with E-state index in [2.05, 4.69) is 115 Å². The molecule has 0 saturated carbocycles. The van der Waals surface area contributed by atoms with Gasteiger partial charge < -0.3 is 4.57 Å². The van der Waals surface area contributed by atoms with Crippen LogP contribution in [-0.4, -0.2) is 9.55 Å². The Hall–Kier alpha value is -4.43. The maximum absolute atomic E-state index is 4.87. The lowest BCUT2D eigenvalue weighted by Gasteiger charge is -2.16. The first-order chi connectivity index (χ1) is 16.8. The summed E-state index contributed by atoms with van der Waals surface area (Å²) in [5.41, 5.74) is 5.98. The second kappa shape index (κ2) is 7.29. The summed E-state index contributed by atoms with van der Waals surface area (Å²) < 4.78 is 2.21. The van der Waals surface area contributed by atoms with Gasteiger partial charge in [-0.1, -0.05) is 109 Å². The molecule has 0 aliphatic carbocycles. The molecule has 0 atom stereocenters. The summed E-state index contributed by atoms with van der Waals surface area (Å²) in [4.78, 5) is 4.87. The van der Waals surface area contributed by atoms with E-state index in [1.54, 1.807) is 0 Å². The smallest absolute Gasteiger partial charge is 0.140 e. The maximum atomic E-state index is 4.87. The molecule has 1 heterocycles. The van der Waals surface area contributed by atoms with Crippen LogP contribution in [0.3, 0.4) is 0 Å². The molecule has 6 aromatic carbocycles. The fraction of sp³-hybridized carbons (Fsp3) is 0.0312. The van der Waals surface area contributed by atoms with Crippen molar-refractivity contribution in [2.75, 3.05) is 0 Å². The average molecular weight is 435 g/mol. The van der Waals surface area contributed by atoms with E-state index in [4.69, 9.17) is 4.98 Å². The normalized spacial score (nSPS) is 11.7. The fourth-order valence-electron chi connectivity index (χ4n) is 5.40. The van der Waals surface area contributed by atoms with Crippen LogP contribution in [0, 0.1) is 0 Å². The topological polar surface area (TPSA) is 17.8 Å². The maximum Gasteiger partial charge on any atom is 0.140 e. The van der Waals surface area contributed by atoms with Crippen LogP contribution in [0.4, 0.5) is 0 Å². The first kappa shape index (κ1) is 19.1. The highest BCUT2D eigenvalue weighted by Gasteiger charge is 2.17. The van der Waals surface area contributed by atoms with Crippen molar-refractivity contribution >= 4 is 32.3 Å². The predicted molar refractivity (Wildman–Crippen MR) is 143 cm³/mol. The molecular formula is C32H22N2. The molecule has 0 aliphatic rings. The summed E-state index contributed by atoms with van der Waals surface area (Å²) in [5, 5.41) is 7.72. The molecule has 2 nitrogen and oxygen atoms in total. The molecule has 0 aliphatic heterocycles. The van der Waals surface area contributed by atoms with Crippen LogP contribution in [0.2, 0.25) is 0 Å². The summed E-state index contributed by atoms with van der Waals surface area (Å²) in [7, 11) is 2.11. The molecule has 2 heteroatoms. The molecule has 7 aromatic rings. The van der Waals surface area contributed by atoms with Gasteiger partial charge in [0.05, 0.1) is 11.9 Å². The molecule has 7 rings (SSSR count). The zero-order valence-electron chi connectivity index (χ0n) is 18.9. The third-order valence-electron chi connectivity index (χ3n) is 7.05. The van der Waals surface area contributed by atoms with Crippen LogP contribution < -0.4 is 0 Å². The lowest BCUT2D eigenvalue weighted by molar-refractivity contribution is 0.934. The van der Waals surface area contributed by atoms with Crippen molar-refractivity contribution < 1.29 is 0 Å². The van der Waals surface area contributed by atoms with E-state index < -0.39 is 0 Å². The number of imidazole rings is 1. The number of nitrogens with zero attached hydrogens (tertiary/aromatic N) is 2. The minimum absolute atomic E-state index is 0.986. The molecule has 0 fully saturated rings. The first-order valence-electron chi connectivity index (χ1n) is 11.6. The second-order valence-corrected chi connectivity index (χ2v) is 8.91. The van der Waals surface area contributed by atoms with Crippen LogP contribution in [-0.2, 0) is 7.05 Å². The molecular weight excluding hydrogens is 412 g/mol. The van der Waals surface area contributed by atoms with E-state index in [1.807, 2.05) is 12.3 Å². The van der Waals surface area contributed by atoms with Crippen LogP contribution in [0.5, 0.6) is 0 Å². The van der Waals surface area contributed by atoms with Gasteiger partial charge in [0.15, 0.2) is 0 Å². The van der Waals surface area contributed by atoms with Crippen LogP contribution in [0.1, 0.15) is 0 Å². The van der Waals surface area contributed by atoms with Crippen molar-refractivity contribution in [3.63, 3.8) is 0 Å². The van der Waals surface area contributed by atoms with Gasteiger partial charge in [-0.25, -0.2) is 4.98 Å². The summed E-state index contributed by atoms with van der Waals surface area (Å²) >= 11 is 0. The standard InChI is InChI=1S/C32H22N2/c1-34-29(22-10-6-3-7-11-22)20-33-32(34)28-19-15-24-13-17-26-25(21-8-4-2-5-9-21)16-12-23-14-18-27(28)31(24)30(23)26/h2-20H,1H3. The van der Waals surface area contributed by atoms with Gasteiger partial charge in [0.2, 0.25) is 0 Å². The highest BCUT2D eigenvalue weighted by Crippen LogP contribution is 2.42. The van der Waals surface area contributed by atoms with E-state index in [0.717, 1.165) is 17.1 Å². The van der Waals surface area contributed by atoms with Crippen molar-refractivity contribution in [2.24, 2.45) is 7.05 Å². The monoisotopic (exact) mass is 434 g/mol. The molecule has 0 N–H and O–H groups in total. The van der Waals surface area contributed by atoms with Gasteiger partial charge in [0, 0.05) is 12.6 Å². The Kier molecular flexibility index (Phi) is 4.09. The van der Waals surface area contributed by atoms with Crippen LogP contribution in [0.15, 0.2) is 115 Å². The number of aromatic nitrogens is 2. The largest absolute Gasteiger partial charge is 0.327 e. The Morgan fingerprint density at radius 2 is 1.06 bits per heavy atom. The van der Waals surface area contributed by atoms with Crippen molar-refractivity contribution in [1.82, 2.24) is 9.55 Å². The zero-order valence-corrected chi connectivity index (χ0v) is 18.9. The third-order valence-corrected chi connectivity index (χ3v) is 7.05. The van der Waals surface area contributed by atoms with Gasteiger partial charge in [-0.05, 0) is 49.0 Å². The SMILES string of the molecule is Cn1c(-c2ccccc2)cnc1-c1ccc2ccc3c(-c4ccccc4)ccc4ccc1c2c43. The molecule has 0 bridgehead atoms. The summed E-state index contributed by atoms with van der Waals surface area (Å²) in [6.07, 6.45) is 1.98. The number of rotatable bonds is 3. The van der Waals surface area contributed by atoms with Gasteiger partial charge in [-0.15, -0.1) is 0 Å². The predicted octanol–water partition coefficient (Wildman–Crippen LogP) is 8.32. The van der Waals surface area contributed by atoms with Crippen LogP contribution in [0.25, 0.3) is 66.1 Å². The Morgan fingerprint density at radius 3 is 1.71 bits per heavy atom. The highest BCUT2D eigenvalue weighted by atomic mass is 15.1. The summed E-state index contributed by atoms with van der Waals surface area (Å²) in [6, 6.07) is 39.1. The Labute approximate surface area is 198 Å². The van der Waals surface area contributed by atoms with Crippen molar-refractivity contribution in [3.8, 4) is 33.8 Å². The molecule has 0 amide bonds. The lowest BCUT2D eigenvalue weighted by Crippen LogP contribution is -1.97. The van der Waals surface area contributed by atoms with Gasteiger partial charge in [-0.2, -0.15) is 0 Å². The summed E-state index contributed by atoms with van der Waals surface area (Å²) in [5.74, 6) is 0.986. The van der Waals surface area contributed by atoms with E-state index in [1.165, 1.54) is 49.0 Å². The molecule has 1 aromatic heterocycles. The number of benzene rings is 6. The summed E-state index contributed by atoms with van der Waals surface area (Å²) in [6.45, 7) is 0.